The lowest BCUT2D eigenvalue weighted by molar-refractivity contribution is -0.0451. The van der Waals surface area contributed by atoms with Crippen LogP contribution in [0.2, 0.25) is 0 Å². The number of hydrogen-bond acceptors (Lipinski definition) is 6. The summed E-state index contributed by atoms with van der Waals surface area (Å²) >= 11 is 3.02. The molecule has 0 aromatic carbocycles. The first kappa shape index (κ1) is 18.3. The molecule has 0 amide bonds. The van der Waals surface area contributed by atoms with Crippen LogP contribution in [0.3, 0.4) is 0 Å². The van der Waals surface area contributed by atoms with Gasteiger partial charge in [-0.1, -0.05) is 15.9 Å². The number of aliphatic hydroxyl groups is 1. The minimum Gasteiger partial charge on any atom is -0.390 e. The molecule has 3 unspecified atom stereocenters. The van der Waals surface area contributed by atoms with Gasteiger partial charge in [0.2, 0.25) is 0 Å². The molecule has 23 heavy (non-hydrogen) atoms. The summed E-state index contributed by atoms with van der Waals surface area (Å²) in [7, 11) is -4.69. The van der Waals surface area contributed by atoms with E-state index in [1.54, 1.807) is 0 Å². The van der Waals surface area contributed by atoms with Crippen molar-refractivity contribution in [3.63, 3.8) is 0 Å². The molecule has 1 aliphatic rings. The lowest BCUT2D eigenvalue weighted by atomic mass is 10.2. The number of aliphatic hydroxyl groups excluding tert-OH is 1. The van der Waals surface area contributed by atoms with Crippen LogP contribution in [0.15, 0.2) is 20.8 Å². The number of halogens is 1. The number of rotatable bonds is 5. The van der Waals surface area contributed by atoms with E-state index in [4.69, 9.17) is 14.5 Å². The van der Waals surface area contributed by atoms with Crippen molar-refractivity contribution in [1.82, 2.24) is 9.55 Å². The van der Waals surface area contributed by atoms with E-state index in [9.17, 15) is 19.3 Å². The maximum atomic E-state index is 11.9. The Labute approximate surface area is 137 Å². The third-order valence-corrected chi connectivity index (χ3v) is 3.91. The van der Waals surface area contributed by atoms with Crippen LogP contribution in [0.1, 0.15) is 18.2 Å². The van der Waals surface area contributed by atoms with E-state index in [1.807, 2.05) is 0 Å². The standard InChI is InChI=1S/C11H14BrN2O8P/c12-2-1-6-4-14(11(17)13-10(6)16)9-3-7(15)8(22-9)5-21-23(18,19)20/h1-2,4,7-9,15H,3,5H2,(H,13,16,17)(H2,18,19,20)/b2-1+. The summed E-state index contributed by atoms with van der Waals surface area (Å²) < 4.78 is 21.5. The summed E-state index contributed by atoms with van der Waals surface area (Å²) in [6.07, 6.45) is -0.306. The smallest absolute Gasteiger partial charge is 0.390 e. The van der Waals surface area contributed by atoms with Crippen molar-refractivity contribution in [2.24, 2.45) is 0 Å². The molecule has 1 fully saturated rings. The first-order valence-corrected chi connectivity index (χ1v) is 8.81. The zero-order valence-electron chi connectivity index (χ0n) is 11.5. The van der Waals surface area contributed by atoms with Crippen molar-refractivity contribution in [3.8, 4) is 0 Å². The van der Waals surface area contributed by atoms with Gasteiger partial charge in [0, 0.05) is 12.6 Å². The van der Waals surface area contributed by atoms with Gasteiger partial charge in [-0.2, -0.15) is 0 Å². The topological polar surface area (TPSA) is 151 Å². The molecule has 12 heteroatoms. The van der Waals surface area contributed by atoms with E-state index in [-0.39, 0.29) is 12.0 Å². The molecule has 2 rings (SSSR count). The molecule has 1 aromatic rings. The monoisotopic (exact) mass is 412 g/mol. The molecular weight excluding hydrogens is 399 g/mol. The van der Waals surface area contributed by atoms with Crippen LogP contribution < -0.4 is 11.2 Å². The van der Waals surface area contributed by atoms with Crippen molar-refractivity contribution in [2.75, 3.05) is 6.61 Å². The van der Waals surface area contributed by atoms with E-state index in [1.165, 1.54) is 17.3 Å². The molecule has 128 valence electrons. The van der Waals surface area contributed by atoms with Crippen LogP contribution in [0, 0.1) is 0 Å². The molecule has 4 N–H and O–H groups in total. The summed E-state index contributed by atoms with van der Waals surface area (Å²) in [6, 6.07) is 0. The van der Waals surface area contributed by atoms with E-state index >= 15 is 0 Å². The van der Waals surface area contributed by atoms with Gasteiger partial charge in [0.25, 0.3) is 5.56 Å². The van der Waals surface area contributed by atoms with Crippen LogP contribution >= 0.6 is 23.8 Å². The number of ether oxygens (including phenoxy) is 1. The normalized spacial score (nSPS) is 25.3. The molecule has 0 aliphatic carbocycles. The van der Waals surface area contributed by atoms with Crippen molar-refractivity contribution in [2.45, 2.75) is 24.9 Å². The molecular formula is C11H14BrN2O8P. The van der Waals surface area contributed by atoms with Gasteiger partial charge in [-0.05, 0) is 11.1 Å². The minimum atomic E-state index is -4.69. The lowest BCUT2D eigenvalue weighted by Crippen LogP contribution is -2.33. The molecule has 3 atom stereocenters. The van der Waals surface area contributed by atoms with Gasteiger partial charge >= 0.3 is 13.5 Å². The number of aromatic nitrogens is 2. The molecule has 0 bridgehead atoms. The molecule has 1 aliphatic heterocycles. The minimum absolute atomic E-state index is 0.00139. The van der Waals surface area contributed by atoms with E-state index < -0.39 is 44.1 Å². The predicted molar refractivity (Wildman–Crippen MR) is 81.8 cm³/mol. The van der Waals surface area contributed by atoms with Crippen molar-refractivity contribution in [3.05, 3.63) is 37.6 Å². The number of phosphoric ester groups is 1. The fourth-order valence-electron chi connectivity index (χ4n) is 2.11. The third-order valence-electron chi connectivity index (χ3n) is 3.16. The highest BCUT2D eigenvalue weighted by Gasteiger charge is 2.37. The van der Waals surface area contributed by atoms with E-state index in [2.05, 4.69) is 25.4 Å². The Hall–Kier alpha value is -1.07. The SMILES string of the molecule is O=c1[nH]c(=O)n(C2CC(O)C(COP(=O)(O)O)O2)cc1/C=C/Br. The predicted octanol–water partition coefficient (Wildman–Crippen LogP) is -0.340. The number of H-pyrrole nitrogens is 1. The molecule has 0 radical (unpaired) electrons. The Morgan fingerprint density at radius 2 is 2.22 bits per heavy atom. The number of nitrogens with zero attached hydrogens (tertiary/aromatic N) is 1. The second-order valence-electron chi connectivity index (χ2n) is 4.76. The van der Waals surface area contributed by atoms with Gasteiger partial charge in [0.15, 0.2) is 0 Å². The maximum Gasteiger partial charge on any atom is 0.469 e. The van der Waals surface area contributed by atoms with Gasteiger partial charge in [-0.15, -0.1) is 0 Å². The van der Waals surface area contributed by atoms with Crippen LogP contribution in [-0.2, 0) is 13.8 Å². The lowest BCUT2D eigenvalue weighted by Gasteiger charge is -2.16. The summed E-state index contributed by atoms with van der Waals surface area (Å²) in [4.78, 5) is 44.3. The van der Waals surface area contributed by atoms with Crippen LogP contribution in [0.25, 0.3) is 6.08 Å². The van der Waals surface area contributed by atoms with Crippen LogP contribution in [0.5, 0.6) is 0 Å². The average Bonchev–Trinajstić information content (AvgIpc) is 2.80. The number of nitrogens with one attached hydrogen (secondary N) is 1. The van der Waals surface area contributed by atoms with Crippen molar-refractivity contribution < 1.29 is 28.7 Å². The zero-order valence-corrected chi connectivity index (χ0v) is 14.0. The summed E-state index contributed by atoms with van der Waals surface area (Å²) in [5, 5.41) is 9.87. The van der Waals surface area contributed by atoms with Crippen LogP contribution in [-0.4, -0.2) is 43.3 Å². The Bertz CT molecular complexity index is 753. The van der Waals surface area contributed by atoms with Crippen molar-refractivity contribution in [1.29, 1.82) is 0 Å². The molecule has 0 spiro atoms. The molecule has 1 saturated heterocycles. The highest BCUT2D eigenvalue weighted by atomic mass is 79.9. The molecule has 1 aromatic heterocycles. The second kappa shape index (κ2) is 7.22. The fraction of sp³-hybridized carbons (Fsp3) is 0.455. The highest BCUT2D eigenvalue weighted by Crippen LogP contribution is 2.38. The summed E-state index contributed by atoms with van der Waals surface area (Å²) in [5.74, 6) is 0. The van der Waals surface area contributed by atoms with Gasteiger partial charge in [0.05, 0.1) is 18.3 Å². The highest BCUT2D eigenvalue weighted by molar-refractivity contribution is 9.11. The Morgan fingerprint density at radius 3 is 2.83 bits per heavy atom. The van der Waals surface area contributed by atoms with E-state index in [0.717, 1.165) is 4.57 Å². The first-order valence-electron chi connectivity index (χ1n) is 6.37. The Kier molecular flexibility index (Phi) is 5.74. The fourth-order valence-corrected chi connectivity index (χ4v) is 2.73. The Balaban J connectivity index is 2.20. The van der Waals surface area contributed by atoms with Gasteiger partial charge in [-0.3, -0.25) is 18.9 Å². The second-order valence-corrected chi connectivity index (χ2v) is 6.53. The number of phosphoric acid groups is 1. The van der Waals surface area contributed by atoms with E-state index in [0.29, 0.717) is 0 Å². The largest absolute Gasteiger partial charge is 0.469 e. The number of aromatic amines is 1. The molecule has 0 saturated carbocycles. The average molecular weight is 413 g/mol. The van der Waals surface area contributed by atoms with Gasteiger partial charge in [0.1, 0.15) is 12.3 Å². The van der Waals surface area contributed by atoms with Gasteiger partial charge < -0.3 is 19.6 Å². The number of hydrogen-bond donors (Lipinski definition) is 4. The summed E-state index contributed by atoms with van der Waals surface area (Å²) in [6.45, 7) is -0.534. The third kappa shape index (κ3) is 4.70. The quantitative estimate of drug-likeness (QED) is 0.479. The zero-order chi connectivity index (χ0) is 17.2. The molecule has 10 nitrogen and oxygen atoms in total. The maximum absolute atomic E-state index is 11.9. The Morgan fingerprint density at radius 1 is 1.52 bits per heavy atom. The van der Waals surface area contributed by atoms with Crippen molar-refractivity contribution >= 4 is 29.8 Å². The summed E-state index contributed by atoms with van der Waals surface area (Å²) in [5.41, 5.74) is -1.12. The van der Waals surface area contributed by atoms with Gasteiger partial charge in [-0.25, -0.2) is 9.36 Å². The van der Waals surface area contributed by atoms with Crippen LogP contribution in [0.4, 0.5) is 0 Å². The first-order chi connectivity index (χ1) is 10.7. The molecule has 2 heterocycles.